The number of benzene rings is 2. The molecular weight excluding hydrogens is 378 g/mol. The largest absolute Gasteiger partial charge is 0.485 e. The zero-order valence-electron chi connectivity index (χ0n) is 17.8. The van der Waals surface area contributed by atoms with Crippen LogP contribution in [0.25, 0.3) is 11.1 Å². The van der Waals surface area contributed by atoms with Crippen molar-refractivity contribution in [1.82, 2.24) is 0 Å². The highest BCUT2D eigenvalue weighted by atomic mass is 32.1. The first-order valence-corrected chi connectivity index (χ1v) is 10.8. The molecule has 0 aliphatic carbocycles. The molecule has 3 aromatic rings. The first kappa shape index (κ1) is 21.1. The third kappa shape index (κ3) is 4.88. The monoisotopic (exact) mass is 407 g/mol. The lowest BCUT2D eigenvalue weighted by atomic mass is 9.86. The van der Waals surface area contributed by atoms with Crippen LogP contribution in [0, 0.1) is 6.92 Å². The Hall–Kier alpha value is -2.59. The van der Waals surface area contributed by atoms with E-state index in [1.54, 1.807) is 6.07 Å². The molecule has 0 bridgehead atoms. The van der Waals surface area contributed by atoms with Gasteiger partial charge < -0.3 is 10.5 Å². The Labute approximate surface area is 177 Å². The Morgan fingerprint density at radius 2 is 1.76 bits per heavy atom. The molecule has 0 radical (unpaired) electrons. The summed E-state index contributed by atoms with van der Waals surface area (Å²) in [6.45, 7) is 10.9. The molecular formula is C25H29NO2S. The predicted molar refractivity (Wildman–Crippen MR) is 122 cm³/mol. The molecule has 4 heteroatoms. The Morgan fingerprint density at radius 1 is 1.07 bits per heavy atom. The minimum atomic E-state index is -0.395. The standard InChI is InChI=1S/C25H29NO2S/c1-6-21(22-13-14-23(29-22)24(26)27)28-19-11-12-20(16(2)15-19)17-7-9-18(10-8-17)25(3,4)5/h7-15,21H,6H2,1-5H3,(H2,26,27). The van der Waals surface area contributed by atoms with Gasteiger partial charge in [-0.3, -0.25) is 4.79 Å². The molecule has 0 saturated carbocycles. The van der Waals surface area contributed by atoms with E-state index in [0.717, 1.165) is 17.0 Å². The van der Waals surface area contributed by atoms with Crippen LogP contribution >= 0.6 is 11.3 Å². The number of thiophene rings is 1. The number of aryl methyl sites for hydroxylation is 1. The van der Waals surface area contributed by atoms with E-state index in [9.17, 15) is 4.79 Å². The lowest BCUT2D eigenvalue weighted by Gasteiger charge is -2.20. The van der Waals surface area contributed by atoms with Gasteiger partial charge in [0.15, 0.2) is 0 Å². The van der Waals surface area contributed by atoms with Gasteiger partial charge in [-0.25, -0.2) is 0 Å². The summed E-state index contributed by atoms with van der Waals surface area (Å²) in [5, 5.41) is 0. The SMILES string of the molecule is CCC(Oc1ccc(-c2ccc(C(C)(C)C)cc2)c(C)c1)c1ccc(C(N)=O)s1. The van der Waals surface area contributed by atoms with Crippen LogP contribution in [-0.2, 0) is 5.41 Å². The average Bonchev–Trinajstić information content (AvgIpc) is 3.16. The smallest absolute Gasteiger partial charge is 0.258 e. The van der Waals surface area contributed by atoms with Crippen LogP contribution in [-0.4, -0.2) is 5.91 Å². The zero-order valence-corrected chi connectivity index (χ0v) is 18.6. The fourth-order valence-electron chi connectivity index (χ4n) is 3.35. The minimum Gasteiger partial charge on any atom is -0.485 e. The van der Waals surface area contributed by atoms with Gasteiger partial charge in [0.1, 0.15) is 11.9 Å². The van der Waals surface area contributed by atoms with E-state index >= 15 is 0 Å². The van der Waals surface area contributed by atoms with Crippen molar-refractivity contribution >= 4 is 17.2 Å². The van der Waals surface area contributed by atoms with Crippen LogP contribution in [0.2, 0.25) is 0 Å². The summed E-state index contributed by atoms with van der Waals surface area (Å²) in [5.41, 5.74) is 10.4. The van der Waals surface area contributed by atoms with Gasteiger partial charge in [0.25, 0.3) is 5.91 Å². The predicted octanol–water partition coefficient (Wildman–Crippen LogP) is 6.65. The molecule has 2 N–H and O–H groups in total. The third-order valence-corrected chi connectivity index (χ3v) is 6.29. The van der Waals surface area contributed by atoms with Crippen molar-refractivity contribution in [3.8, 4) is 16.9 Å². The highest BCUT2D eigenvalue weighted by Gasteiger charge is 2.17. The normalized spacial score (nSPS) is 12.6. The van der Waals surface area contributed by atoms with Crippen LogP contribution in [0.3, 0.4) is 0 Å². The molecule has 3 nitrogen and oxygen atoms in total. The number of rotatable bonds is 6. The molecule has 1 aromatic heterocycles. The van der Waals surface area contributed by atoms with Gasteiger partial charge in [0.2, 0.25) is 0 Å². The molecule has 0 aliphatic rings. The van der Waals surface area contributed by atoms with Crippen molar-refractivity contribution < 1.29 is 9.53 Å². The van der Waals surface area contributed by atoms with Crippen molar-refractivity contribution in [3.05, 3.63) is 75.5 Å². The Morgan fingerprint density at radius 3 is 2.28 bits per heavy atom. The van der Waals surface area contributed by atoms with Gasteiger partial charge in [-0.05, 0) is 65.3 Å². The summed E-state index contributed by atoms with van der Waals surface area (Å²) in [4.78, 5) is 12.9. The van der Waals surface area contributed by atoms with Crippen LogP contribution in [0.5, 0.6) is 5.75 Å². The molecule has 0 saturated heterocycles. The quantitative estimate of drug-likeness (QED) is 0.497. The zero-order chi connectivity index (χ0) is 21.2. The highest BCUT2D eigenvalue weighted by molar-refractivity contribution is 7.14. The van der Waals surface area contributed by atoms with Crippen LogP contribution in [0.4, 0.5) is 0 Å². The molecule has 1 atom stereocenters. The molecule has 1 unspecified atom stereocenters. The second-order valence-corrected chi connectivity index (χ2v) is 9.50. The number of nitrogens with two attached hydrogens (primary N) is 1. The van der Waals surface area contributed by atoms with Gasteiger partial charge in [-0.2, -0.15) is 0 Å². The molecule has 29 heavy (non-hydrogen) atoms. The molecule has 2 aromatic carbocycles. The van der Waals surface area contributed by atoms with E-state index in [1.165, 1.54) is 33.6 Å². The number of carbonyl (C=O) groups is 1. The second-order valence-electron chi connectivity index (χ2n) is 8.39. The Balaban J connectivity index is 1.80. The van der Waals surface area contributed by atoms with E-state index in [4.69, 9.17) is 10.5 Å². The van der Waals surface area contributed by atoms with Crippen molar-refractivity contribution in [3.63, 3.8) is 0 Å². The highest BCUT2D eigenvalue weighted by Crippen LogP contribution is 2.33. The Kier molecular flexibility index (Phi) is 6.13. The van der Waals surface area contributed by atoms with E-state index in [2.05, 4.69) is 71.0 Å². The Bertz CT molecular complexity index is 996. The fourth-order valence-corrected chi connectivity index (χ4v) is 4.32. The van der Waals surface area contributed by atoms with Crippen LogP contribution < -0.4 is 10.5 Å². The van der Waals surface area contributed by atoms with Crippen molar-refractivity contribution in [2.75, 3.05) is 0 Å². The first-order chi connectivity index (χ1) is 13.7. The molecule has 1 amide bonds. The number of primary amides is 1. The molecule has 0 spiro atoms. The summed E-state index contributed by atoms with van der Waals surface area (Å²) in [6, 6.07) is 18.7. The van der Waals surface area contributed by atoms with Gasteiger partial charge in [0.05, 0.1) is 4.88 Å². The lowest BCUT2D eigenvalue weighted by molar-refractivity contribution is 0.100. The maximum Gasteiger partial charge on any atom is 0.258 e. The maximum absolute atomic E-state index is 11.4. The molecule has 1 heterocycles. The van der Waals surface area contributed by atoms with Gasteiger partial charge in [-0.15, -0.1) is 11.3 Å². The van der Waals surface area contributed by atoms with Crippen molar-refractivity contribution in [1.29, 1.82) is 0 Å². The number of hydrogen-bond acceptors (Lipinski definition) is 3. The lowest BCUT2D eigenvalue weighted by Crippen LogP contribution is -2.10. The topological polar surface area (TPSA) is 52.3 Å². The minimum absolute atomic E-state index is 0.0931. The first-order valence-electron chi connectivity index (χ1n) is 9.96. The number of ether oxygens (including phenoxy) is 1. The van der Waals surface area contributed by atoms with E-state index in [0.29, 0.717) is 4.88 Å². The number of carbonyl (C=O) groups excluding carboxylic acids is 1. The van der Waals surface area contributed by atoms with Crippen LogP contribution in [0.1, 0.15) is 65.9 Å². The number of hydrogen-bond donors (Lipinski definition) is 1. The average molecular weight is 408 g/mol. The van der Waals surface area contributed by atoms with E-state index in [1.807, 2.05) is 12.1 Å². The van der Waals surface area contributed by atoms with Crippen molar-refractivity contribution in [2.45, 2.75) is 52.6 Å². The van der Waals surface area contributed by atoms with Gasteiger partial charge >= 0.3 is 0 Å². The second kappa shape index (κ2) is 8.42. The summed E-state index contributed by atoms with van der Waals surface area (Å²) < 4.78 is 6.24. The molecule has 0 aliphatic heterocycles. The van der Waals surface area contributed by atoms with E-state index < -0.39 is 5.91 Å². The van der Waals surface area contributed by atoms with Crippen molar-refractivity contribution in [2.24, 2.45) is 5.73 Å². The summed E-state index contributed by atoms with van der Waals surface area (Å²) in [5.74, 6) is 0.437. The third-order valence-electron chi connectivity index (χ3n) is 5.10. The maximum atomic E-state index is 11.4. The molecule has 3 rings (SSSR count). The van der Waals surface area contributed by atoms with Gasteiger partial charge in [0, 0.05) is 4.88 Å². The summed E-state index contributed by atoms with van der Waals surface area (Å²) in [6.07, 6.45) is 0.720. The molecule has 152 valence electrons. The summed E-state index contributed by atoms with van der Waals surface area (Å²) in [7, 11) is 0. The fraction of sp³-hybridized carbons (Fsp3) is 0.320. The summed E-state index contributed by atoms with van der Waals surface area (Å²) >= 11 is 1.40. The number of amides is 1. The van der Waals surface area contributed by atoms with E-state index in [-0.39, 0.29) is 11.5 Å². The van der Waals surface area contributed by atoms with Crippen LogP contribution in [0.15, 0.2) is 54.6 Å². The van der Waals surface area contributed by atoms with Gasteiger partial charge in [-0.1, -0.05) is 58.0 Å². The molecule has 0 fully saturated rings.